The molecule has 28 heavy (non-hydrogen) atoms. The van der Waals surface area contributed by atoms with E-state index in [1.54, 1.807) is 24.3 Å². The zero-order valence-corrected chi connectivity index (χ0v) is 15.7. The number of rotatable bonds is 6. The molecule has 0 spiro atoms. The fourth-order valence-corrected chi connectivity index (χ4v) is 4.83. The second-order valence-electron chi connectivity index (χ2n) is 6.37. The Morgan fingerprint density at radius 2 is 2.00 bits per heavy atom. The van der Waals surface area contributed by atoms with Gasteiger partial charge in [0.25, 0.3) is 5.91 Å². The summed E-state index contributed by atoms with van der Waals surface area (Å²) in [6.07, 6.45) is 0.0449. The van der Waals surface area contributed by atoms with Crippen LogP contribution < -0.4 is 5.32 Å². The predicted octanol–water partition coefficient (Wildman–Crippen LogP) is -0.454. The molecule has 0 saturated carbocycles. The average molecular weight is 406 g/mol. The van der Waals surface area contributed by atoms with Gasteiger partial charge in [-0.1, -0.05) is 30.3 Å². The van der Waals surface area contributed by atoms with E-state index in [1.165, 1.54) is 0 Å². The van der Waals surface area contributed by atoms with Gasteiger partial charge >= 0.3 is 11.9 Å². The smallest absolute Gasteiger partial charge is 0.353 e. The second kappa shape index (κ2) is 8.03. The van der Waals surface area contributed by atoms with E-state index < -0.39 is 46.3 Å². The summed E-state index contributed by atoms with van der Waals surface area (Å²) >= 11 is -1.65. The van der Waals surface area contributed by atoms with Crippen LogP contribution in [0, 0.1) is 0 Å². The van der Waals surface area contributed by atoms with Crippen molar-refractivity contribution in [1.82, 2.24) is 10.2 Å². The lowest BCUT2D eigenvalue weighted by atomic mass is 10.0. The van der Waals surface area contributed by atoms with E-state index in [-0.39, 0.29) is 30.1 Å². The number of amides is 2. The third-order valence-corrected chi connectivity index (χ3v) is 6.04. The number of carboxylic acid groups (broad SMARTS) is 1. The largest absolute Gasteiger partial charge is 0.614 e. The number of carbonyl (C=O) groups excluding carboxylic acids is 3. The maximum atomic E-state index is 12.6. The van der Waals surface area contributed by atoms with Crippen molar-refractivity contribution in [2.45, 2.75) is 24.8 Å². The molecule has 0 aromatic heterocycles. The summed E-state index contributed by atoms with van der Waals surface area (Å²) in [4.78, 5) is 48.3. The summed E-state index contributed by atoms with van der Waals surface area (Å²) in [5.41, 5.74) is 0.507. The van der Waals surface area contributed by atoms with Crippen LogP contribution in [0.3, 0.4) is 0 Å². The first-order chi connectivity index (χ1) is 13.3. The summed E-state index contributed by atoms with van der Waals surface area (Å²) in [6.45, 7) is 0.806. The predicted molar refractivity (Wildman–Crippen MR) is 97.0 cm³/mol. The number of β-lactam (4-membered cyclic amide) rings is 1. The lowest BCUT2D eigenvalue weighted by Crippen LogP contribution is -2.75. The van der Waals surface area contributed by atoms with Gasteiger partial charge in [-0.05, 0) is 16.7 Å². The highest BCUT2D eigenvalue weighted by atomic mass is 32.2. The second-order valence-corrected chi connectivity index (χ2v) is 7.90. The van der Waals surface area contributed by atoms with Gasteiger partial charge in [0, 0.05) is 12.5 Å². The molecular formula is C18H18N2O7S. The molecular weight excluding hydrogens is 388 g/mol. The van der Waals surface area contributed by atoms with Crippen molar-refractivity contribution in [3.63, 3.8) is 0 Å². The van der Waals surface area contributed by atoms with E-state index in [2.05, 4.69) is 5.32 Å². The molecule has 2 amide bonds. The molecule has 9 nitrogen and oxygen atoms in total. The molecule has 1 saturated heterocycles. The van der Waals surface area contributed by atoms with Crippen molar-refractivity contribution >= 4 is 34.9 Å². The highest BCUT2D eigenvalue weighted by Gasteiger charge is 2.61. The number of fused-ring (bicyclic) bond motifs is 1. The molecule has 1 fully saturated rings. The number of benzene rings is 1. The zero-order chi connectivity index (χ0) is 20.4. The molecule has 3 rings (SSSR count). The standard InChI is InChI=1S/C18H18N2O7S/c1-10(21)27-8-12-9-28(26)17-14(16(23)20(17)15(12)18(24)25)19-13(22)7-11-5-3-2-4-6-11/h2-6,14,17H,7-9H2,1H3,(H,19,22)(H,24,25)/t14-,17+,28+/m1/s1. The first-order valence-corrected chi connectivity index (χ1v) is 9.80. The molecule has 2 aliphatic heterocycles. The molecule has 0 unspecified atom stereocenters. The van der Waals surface area contributed by atoms with Gasteiger partial charge in [-0.2, -0.15) is 0 Å². The van der Waals surface area contributed by atoms with Crippen molar-refractivity contribution in [2.24, 2.45) is 0 Å². The number of nitrogens with zero attached hydrogens (tertiary/aromatic N) is 1. The highest BCUT2D eigenvalue weighted by Crippen LogP contribution is 2.36. The molecule has 10 heteroatoms. The van der Waals surface area contributed by atoms with E-state index in [4.69, 9.17) is 4.74 Å². The average Bonchev–Trinajstić information content (AvgIpc) is 2.64. The number of hydrogen-bond acceptors (Lipinski definition) is 6. The number of carbonyl (C=O) groups is 4. The summed E-state index contributed by atoms with van der Waals surface area (Å²) in [5, 5.41) is 11.1. The number of aliphatic carboxylic acids is 1. The lowest BCUT2D eigenvalue weighted by Gasteiger charge is -2.48. The molecule has 3 atom stereocenters. The summed E-state index contributed by atoms with van der Waals surface area (Å²) in [7, 11) is 0. The van der Waals surface area contributed by atoms with Gasteiger partial charge in [0.15, 0.2) is 6.04 Å². The minimum absolute atomic E-state index is 0.0449. The van der Waals surface area contributed by atoms with Gasteiger partial charge in [0.2, 0.25) is 11.3 Å². The molecule has 2 N–H and O–H groups in total. The molecule has 148 valence electrons. The van der Waals surface area contributed by atoms with Crippen LogP contribution in [0.2, 0.25) is 0 Å². The van der Waals surface area contributed by atoms with Crippen LogP contribution >= 0.6 is 0 Å². The van der Waals surface area contributed by atoms with E-state index >= 15 is 0 Å². The SMILES string of the molecule is CC(=O)OCC1=C(C(=O)O)N2C(=O)[C@@H](NC(=O)Cc3ccccc3)[C@@H]2[S@@+]([O-])C1. The molecule has 0 radical (unpaired) electrons. The Hall–Kier alpha value is -2.85. The van der Waals surface area contributed by atoms with Crippen LogP contribution in [0.4, 0.5) is 0 Å². The Morgan fingerprint density at radius 3 is 2.61 bits per heavy atom. The van der Waals surface area contributed by atoms with Crippen molar-refractivity contribution in [3.8, 4) is 0 Å². The van der Waals surface area contributed by atoms with Crippen molar-refractivity contribution in [1.29, 1.82) is 0 Å². The Labute approximate surface area is 163 Å². The Morgan fingerprint density at radius 1 is 1.32 bits per heavy atom. The van der Waals surface area contributed by atoms with Crippen LogP contribution in [0.25, 0.3) is 0 Å². The zero-order valence-electron chi connectivity index (χ0n) is 14.9. The molecule has 2 heterocycles. The first-order valence-electron chi connectivity index (χ1n) is 8.41. The van der Waals surface area contributed by atoms with E-state index in [0.29, 0.717) is 0 Å². The van der Waals surface area contributed by atoms with Crippen LogP contribution in [-0.4, -0.2) is 62.1 Å². The molecule has 0 bridgehead atoms. The normalized spacial score (nSPS) is 23.6. The van der Waals surface area contributed by atoms with Gasteiger partial charge in [0.1, 0.15) is 18.1 Å². The van der Waals surface area contributed by atoms with Crippen LogP contribution in [0.1, 0.15) is 12.5 Å². The minimum atomic E-state index is -1.65. The van der Waals surface area contributed by atoms with Gasteiger partial charge < -0.3 is 19.7 Å². The van der Waals surface area contributed by atoms with Gasteiger partial charge in [-0.3, -0.25) is 19.3 Å². The number of hydrogen-bond donors (Lipinski definition) is 2. The Kier molecular flexibility index (Phi) is 5.71. The summed E-state index contributed by atoms with van der Waals surface area (Å²) in [6, 6.07) is 7.85. The lowest BCUT2D eigenvalue weighted by molar-refractivity contribution is -0.151. The van der Waals surface area contributed by atoms with Crippen molar-refractivity contribution < 1.29 is 33.6 Å². The summed E-state index contributed by atoms with van der Waals surface area (Å²) < 4.78 is 17.4. The molecule has 2 aliphatic rings. The third kappa shape index (κ3) is 3.87. The number of ether oxygens (including phenoxy) is 1. The Balaban J connectivity index is 1.74. The van der Waals surface area contributed by atoms with E-state index in [0.717, 1.165) is 17.4 Å². The molecule has 1 aromatic carbocycles. The molecule has 0 aliphatic carbocycles. The number of nitrogens with one attached hydrogen (secondary N) is 1. The maximum Gasteiger partial charge on any atom is 0.353 e. The van der Waals surface area contributed by atoms with Gasteiger partial charge in [-0.15, -0.1) is 0 Å². The van der Waals surface area contributed by atoms with Crippen molar-refractivity contribution in [2.75, 3.05) is 12.4 Å². The van der Waals surface area contributed by atoms with Crippen LogP contribution in [-0.2, 0) is 41.5 Å². The maximum absolute atomic E-state index is 12.6. The number of carboxylic acids is 1. The Bertz CT molecular complexity index is 855. The topological polar surface area (TPSA) is 136 Å². The van der Waals surface area contributed by atoms with Gasteiger partial charge in [-0.25, -0.2) is 4.79 Å². The fraction of sp³-hybridized carbons (Fsp3) is 0.333. The highest BCUT2D eigenvalue weighted by molar-refractivity contribution is 7.92. The quantitative estimate of drug-likeness (QED) is 0.371. The minimum Gasteiger partial charge on any atom is -0.614 e. The van der Waals surface area contributed by atoms with E-state index in [1.807, 2.05) is 6.07 Å². The van der Waals surface area contributed by atoms with E-state index in [9.17, 15) is 28.8 Å². The summed E-state index contributed by atoms with van der Waals surface area (Å²) in [5.74, 6) is -3.24. The molecule has 1 aromatic rings. The fourth-order valence-electron chi connectivity index (χ4n) is 3.16. The first kappa shape index (κ1) is 19.9. The van der Waals surface area contributed by atoms with Gasteiger partial charge in [0.05, 0.1) is 6.42 Å². The van der Waals surface area contributed by atoms with Crippen LogP contribution in [0.5, 0.6) is 0 Å². The van der Waals surface area contributed by atoms with Crippen LogP contribution in [0.15, 0.2) is 41.6 Å². The third-order valence-electron chi connectivity index (χ3n) is 4.38. The van der Waals surface area contributed by atoms with Crippen molar-refractivity contribution in [3.05, 3.63) is 47.2 Å². The number of esters is 1. The monoisotopic (exact) mass is 406 g/mol.